The van der Waals surface area contributed by atoms with Crippen molar-refractivity contribution in [3.05, 3.63) is 95.6 Å². The molecule has 0 aromatic heterocycles. The number of amides is 5. The third-order valence-corrected chi connectivity index (χ3v) is 8.10. The fourth-order valence-corrected chi connectivity index (χ4v) is 6.15. The molecule has 3 unspecified atom stereocenters. The number of urea groups is 1. The molecule has 0 bridgehead atoms. The van der Waals surface area contributed by atoms with E-state index < -0.39 is 45.5 Å². The highest BCUT2D eigenvalue weighted by molar-refractivity contribution is 7.89. The maximum atomic E-state index is 14.4. The van der Waals surface area contributed by atoms with Gasteiger partial charge in [-0.05, 0) is 74.9 Å². The van der Waals surface area contributed by atoms with Crippen LogP contribution in [0.25, 0.3) is 0 Å². The Morgan fingerprint density at radius 1 is 0.936 bits per heavy atom. The molecular weight excluding hydrogens is 622 g/mol. The second-order valence-electron chi connectivity index (χ2n) is 12.5. The first-order valence-corrected chi connectivity index (χ1v) is 17.0. The van der Waals surface area contributed by atoms with E-state index in [1.165, 1.54) is 29.2 Å². The number of para-hydroxylation sites is 1. The first-order chi connectivity index (χ1) is 22.1. The van der Waals surface area contributed by atoms with E-state index in [0.717, 1.165) is 17.4 Å². The average molecular weight is 664 g/mol. The summed E-state index contributed by atoms with van der Waals surface area (Å²) < 4.78 is 30.6. The second-order valence-corrected chi connectivity index (χ2v) is 14.3. The zero-order valence-electron chi connectivity index (χ0n) is 27.1. The monoisotopic (exact) mass is 663 g/mol. The number of benzene rings is 3. The molecule has 47 heavy (non-hydrogen) atoms. The molecule has 12 nitrogen and oxygen atoms in total. The van der Waals surface area contributed by atoms with Crippen LogP contribution in [0.2, 0.25) is 0 Å². The molecule has 0 aliphatic carbocycles. The van der Waals surface area contributed by atoms with E-state index in [1.807, 2.05) is 80.1 Å². The fraction of sp³-hybridized carbons (Fsp3) is 0.353. The molecule has 250 valence electrons. The predicted octanol–water partition coefficient (Wildman–Crippen LogP) is 3.94. The molecule has 0 spiro atoms. The SMILES string of the molecule is COc1ccccc1C1CC(NC(=O)Nc2cccc(C(=O)NS(C)(=O)=O)c2)C(=O)N(CC(=O)NC(C)(C)C)C(c2ccccc2)C1. The summed E-state index contributed by atoms with van der Waals surface area (Å²) in [6.07, 6.45) is 1.53. The van der Waals surface area contributed by atoms with Gasteiger partial charge in [-0.25, -0.2) is 17.9 Å². The molecule has 0 saturated carbocycles. The molecule has 1 aliphatic heterocycles. The first kappa shape index (κ1) is 35.0. The molecule has 1 aliphatic rings. The Balaban J connectivity index is 1.68. The zero-order valence-corrected chi connectivity index (χ0v) is 27.9. The largest absolute Gasteiger partial charge is 0.496 e. The lowest BCUT2D eigenvalue weighted by Crippen LogP contribution is -2.53. The van der Waals surface area contributed by atoms with Gasteiger partial charge < -0.3 is 25.6 Å². The number of nitrogens with zero attached hydrogens (tertiary/aromatic N) is 1. The Labute approximate surface area is 275 Å². The van der Waals surface area contributed by atoms with Crippen LogP contribution in [-0.2, 0) is 19.6 Å². The molecule has 3 atom stereocenters. The predicted molar refractivity (Wildman–Crippen MR) is 178 cm³/mol. The maximum absolute atomic E-state index is 14.4. The van der Waals surface area contributed by atoms with Gasteiger partial charge in [-0.3, -0.25) is 14.4 Å². The van der Waals surface area contributed by atoms with Crippen LogP contribution in [-0.4, -0.2) is 68.6 Å². The van der Waals surface area contributed by atoms with Gasteiger partial charge in [0.15, 0.2) is 0 Å². The van der Waals surface area contributed by atoms with Crippen LogP contribution in [0.4, 0.5) is 10.5 Å². The minimum absolute atomic E-state index is 0.0109. The van der Waals surface area contributed by atoms with Crippen molar-refractivity contribution in [1.82, 2.24) is 20.3 Å². The lowest BCUT2D eigenvalue weighted by Gasteiger charge is -2.33. The molecule has 4 rings (SSSR count). The van der Waals surface area contributed by atoms with Gasteiger partial charge in [0.05, 0.1) is 19.4 Å². The van der Waals surface area contributed by atoms with Gasteiger partial charge in [-0.2, -0.15) is 0 Å². The number of carbonyl (C=O) groups excluding carboxylic acids is 4. The maximum Gasteiger partial charge on any atom is 0.319 e. The summed E-state index contributed by atoms with van der Waals surface area (Å²) in [4.78, 5) is 54.9. The van der Waals surface area contributed by atoms with Crippen LogP contribution in [0.1, 0.15) is 67.1 Å². The Bertz CT molecular complexity index is 1720. The Kier molecular flexibility index (Phi) is 10.9. The van der Waals surface area contributed by atoms with Gasteiger partial charge in [-0.15, -0.1) is 0 Å². The second kappa shape index (κ2) is 14.7. The number of anilines is 1. The number of hydrogen-bond acceptors (Lipinski definition) is 7. The average Bonchev–Trinajstić information content (AvgIpc) is 3.12. The van der Waals surface area contributed by atoms with Crippen molar-refractivity contribution in [1.29, 1.82) is 0 Å². The molecule has 1 heterocycles. The summed E-state index contributed by atoms with van der Waals surface area (Å²) in [5.74, 6) is -1.25. The summed E-state index contributed by atoms with van der Waals surface area (Å²) in [6, 6.07) is 20.5. The Hall–Kier alpha value is -4.91. The quantitative estimate of drug-likeness (QED) is 0.270. The van der Waals surface area contributed by atoms with Crippen LogP contribution in [0.15, 0.2) is 78.9 Å². The highest BCUT2D eigenvalue weighted by Crippen LogP contribution is 2.41. The smallest absolute Gasteiger partial charge is 0.319 e. The molecule has 1 saturated heterocycles. The van der Waals surface area contributed by atoms with Crippen molar-refractivity contribution >= 4 is 39.5 Å². The van der Waals surface area contributed by atoms with E-state index in [4.69, 9.17) is 4.74 Å². The number of methoxy groups -OCH3 is 1. The topological polar surface area (TPSA) is 163 Å². The highest BCUT2D eigenvalue weighted by atomic mass is 32.2. The van der Waals surface area contributed by atoms with Crippen molar-refractivity contribution in [2.45, 2.75) is 57.2 Å². The van der Waals surface area contributed by atoms with Crippen molar-refractivity contribution < 1.29 is 32.3 Å². The number of rotatable bonds is 9. The number of nitrogens with one attached hydrogen (secondary N) is 4. The minimum atomic E-state index is -3.80. The van der Waals surface area contributed by atoms with Gasteiger partial charge in [0.2, 0.25) is 21.8 Å². The molecule has 0 radical (unpaired) electrons. The lowest BCUT2D eigenvalue weighted by atomic mass is 9.86. The van der Waals surface area contributed by atoms with Gasteiger partial charge >= 0.3 is 6.03 Å². The molecular formula is C34H41N5O7S. The minimum Gasteiger partial charge on any atom is -0.496 e. The number of likely N-dealkylation sites (tertiary alicyclic amines) is 1. The van der Waals surface area contributed by atoms with Crippen molar-refractivity contribution in [2.24, 2.45) is 0 Å². The third kappa shape index (κ3) is 9.79. The Morgan fingerprint density at radius 3 is 2.28 bits per heavy atom. The van der Waals surface area contributed by atoms with Gasteiger partial charge in [-0.1, -0.05) is 54.6 Å². The molecule has 3 aromatic carbocycles. The number of ether oxygens (including phenoxy) is 1. The van der Waals surface area contributed by atoms with E-state index in [0.29, 0.717) is 12.2 Å². The summed E-state index contributed by atoms with van der Waals surface area (Å²) in [6.45, 7) is 5.34. The molecule has 4 N–H and O–H groups in total. The van der Waals surface area contributed by atoms with Crippen molar-refractivity contribution in [3.8, 4) is 5.75 Å². The van der Waals surface area contributed by atoms with Crippen LogP contribution in [0.5, 0.6) is 5.75 Å². The lowest BCUT2D eigenvalue weighted by molar-refractivity contribution is -0.139. The Morgan fingerprint density at radius 2 is 1.62 bits per heavy atom. The van der Waals surface area contributed by atoms with Crippen LogP contribution in [0, 0.1) is 0 Å². The number of sulfonamides is 1. The van der Waals surface area contributed by atoms with Crippen LogP contribution < -0.4 is 25.4 Å². The van der Waals surface area contributed by atoms with Crippen molar-refractivity contribution in [3.63, 3.8) is 0 Å². The normalized spacial score (nSPS) is 18.4. The number of hydrogen-bond donors (Lipinski definition) is 4. The van der Waals surface area contributed by atoms with E-state index in [1.54, 1.807) is 7.11 Å². The van der Waals surface area contributed by atoms with Gasteiger partial charge in [0.25, 0.3) is 5.91 Å². The zero-order chi connectivity index (χ0) is 34.4. The molecule has 1 fully saturated rings. The molecule has 3 aromatic rings. The summed E-state index contributed by atoms with van der Waals surface area (Å²) in [5.41, 5.74) is 1.39. The highest BCUT2D eigenvalue weighted by Gasteiger charge is 2.40. The summed E-state index contributed by atoms with van der Waals surface area (Å²) in [7, 11) is -2.22. The van der Waals surface area contributed by atoms with Crippen LogP contribution >= 0.6 is 0 Å². The first-order valence-electron chi connectivity index (χ1n) is 15.1. The van der Waals surface area contributed by atoms with E-state index >= 15 is 0 Å². The summed E-state index contributed by atoms with van der Waals surface area (Å²) in [5, 5.41) is 8.37. The molecule has 13 heteroatoms. The van der Waals surface area contributed by atoms with Gasteiger partial charge in [0.1, 0.15) is 18.3 Å². The van der Waals surface area contributed by atoms with Gasteiger partial charge in [0, 0.05) is 16.8 Å². The third-order valence-electron chi connectivity index (χ3n) is 7.54. The number of carbonyl (C=O) groups is 4. The van der Waals surface area contributed by atoms with Crippen molar-refractivity contribution in [2.75, 3.05) is 25.2 Å². The standard InChI is InChI=1S/C34H41N5O7S/c1-34(2,3)37-30(40)21-39-28(22-12-7-6-8-13-22)20-24(26-16-9-10-17-29(26)46-4)19-27(32(39)42)36-33(43)35-25-15-11-14-23(18-25)31(41)38-47(5,44)45/h6-18,24,27-28H,19-21H2,1-5H3,(H,37,40)(H,38,41)(H2,35,36,43). The van der Waals surface area contributed by atoms with E-state index in [-0.39, 0.29) is 36.0 Å². The summed E-state index contributed by atoms with van der Waals surface area (Å²) >= 11 is 0. The van der Waals surface area contributed by atoms with E-state index in [9.17, 15) is 27.6 Å². The van der Waals surface area contributed by atoms with Crippen LogP contribution in [0.3, 0.4) is 0 Å². The fourth-order valence-electron chi connectivity index (χ4n) is 5.69. The van der Waals surface area contributed by atoms with E-state index in [2.05, 4.69) is 16.0 Å². The molecule has 5 amide bonds.